The Kier molecular flexibility index (Phi) is 5.46. The van der Waals surface area contributed by atoms with Crippen LogP contribution in [0.5, 0.6) is 5.75 Å². The summed E-state index contributed by atoms with van der Waals surface area (Å²) in [6, 6.07) is 3.70. The van der Waals surface area contributed by atoms with Crippen molar-refractivity contribution in [3.63, 3.8) is 0 Å². The molecule has 114 valence electrons. The molecule has 0 bridgehead atoms. The third-order valence-corrected chi connectivity index (χ3v) is 4.90. The number of thiazole rings is 1. The minimum atomic E-state index is -0.00109. The third kappa shape index (κ3) is 4.28. The predicted molar refractivity (Wildman–Crippen MR) is 92.9 cm³/mol. The number of rotatable bonds is 4. The van der Waals surface area contributed by atoms with Crippen LogP contribution in [-0.4, -0.2) is 10.1 Å². The molecule has 1 N–H and O–H groups in total. The van der Waals surface area contributed by atoms with Crippen LogP contribution < -0.4 is 4.74 Å². The molecule has 0 aliphatic heterocycles. The molecule has 0 aliphatic rings. The van der Waals surface area contributed by atoms with Crippen LogP contribution in [0.1, 0.15) is 37.0 Å². The summed E-state index contributed by atoms with van der Waals surface area (Å²) in [6.07, 6.45) is 0. The molecule has 1 aromatic carbocycles. The molecule has 0 fully saturated rings. The number of aliphatic hydroxyl groups excluding tert-OH is 1. The minimum absolute atomic E-state index is 0.00109. The fourth-order valence-electron chi connectivity index (χ4n) is 1.70. The van der Waals surface area contributed by atoms with Crippen molar-refractivity contribution >= 4 is 43.2 Å². The normalized spacial score (nSPS) is 11.7. The zero-order chi connectivity index (χ0) is 15.6. The molecule has 0 unspecified atom stereocenters. The number of nitrogens with zero attached hydrogens (tertiary/aromatic N) is 1. The van der Waals surface area contributed by atoms with Gasteiger partial charge in [-0.1, -0.05) is 20.8 Å². The number of hydrogen-bond acceptors (Lipinski definition) is 4. The lowest BCUT2D eigenvalue weighted by molar-refractivity contribution is 0.280. The van der Waals surface area contributed by atoms with Gasteiger partial charge in [-0.25, -0.2) is 4.98 Å². The molecule has 0 radical (unpaired) electrons. The van der Waals surface area contributed by atoms with E-state index >= 15 is 0 Å². The van der Waals surface area contributed by atoms with Crippen LogP contribution >= 0.6 is 43.2 Å². The van der Waals surface area contributed by atoms with Crippen LogP contribution in [-0.2, 0) is 18.6 Å². The van der Waals surface area contributed by atoms with Crippen LogP contribution in [0.3, 0.4) is 0 Å². The Balaban J connectivity index is 2.12. The highest BCUT2D eigenvalue weighted by Crippen LogP contribution is 2.35. The van der Waals surface area contributed by atoms with E-state index in [1.807, 2.05) is 12.1 Å². The molecule has 6 heteroatoms. The Labute approximate surface area is 145 Å². The maximum Gasteiger partial charge on any atom is 0.148 e. The predicted octanol–water partition coefficient (Wildman–Crippen LogP) is 5.04. The molecule has 1 aromatic heterocycles. The fourth-order valence-corrected chi connectivity index (χ4v) is 4.14. The first kappa shape index (κ1) is 16.9. The highest BCUT2D eigenvalue weighted by Gasteiger charge is 2.18. The lowest BCUT2D eigenvalue weighted by atomic mass is 9.93. The Bertz CT molecular complexity index is 612. The van der Waals surface area contributed by atoms with Crippen molar-refractivity contribution in [3.05, 3.63) is 42.7 Å². The second kappa shape index (κ2) is 6.77. The zero-order valence-corrected chi connectivity index (χ0v) is 16.1. The number of halogens is 2. The van der Waals surface area contributed by atoms with Crippen LogP contribution in [0.2, 0.25) is 0 Å². The number of aliphatic hydroxyl groups is 1. The van der Waals surface area contributed by atoms with Crippen molar-refractivity contribution in [1.82, 2.24) is 4.98 Å². The van der Waals surface area contributed by atoms with Gasteiger partial charge in [0.25, 0.3) is 0 Å². The van der Waals surface area contributed by atoms with Gasteiger partial charge in [-0.3, -0.25) is 0 Å². The van der Waals surface area contributed by atoms with Gasteiger partial charge in [-0.15, -0.1) is 11.3 Å². The van der Waals surface area contributed by atoms with E-state index in [0.29, 0.717) is 6.61 Å². The quantitative estimate of drug-likeness (QED) is 0.732. The molecule has 2 rings (SSSR count). The van der Waals surface area contributed by atoms with Crippen molar-refractivity contribution < 1.29 is 9.84 Å². The molecule has 21 heavy (non-hydrogen) atoms. The Morgan fingerprint density at radius 1 is 1.24 bits per heavy atom. The van der Waals surface area contributed by atoms with Gasteiger partial charge in [-0.05, 0) is 49.6 Å². The monoisotopic (exact) mass is 433 g/mol. The molecule has 3 nitrogen and oxygen atoms in total. The van der Waals surface area contributed by atoms with E-state index in [1.165, 1.54) is 0 Å². The summed E-state index contributed by atoms with van der Waals surface area (Å²) in [5, 5.41) is 12.2. The Hall–Kier alpha value is -0.430. The standard InChI is InChI=1S/C15H17Br2NO2S/c1-15(2,3)12-8-21-13(18-12)7-20-14-10(16)4-9(6-19)5-11(14)17/h4-5,8,19H,6-7H2,1-3H3. The molecule has 2 aromatic rings. The smallest absolute Gasteiger partial charge is 0.148 e. The molecule has 0 aliphatic carbocycles. The van der Waals surface area contributed by atoms with Gasteiger partial charge in [0, 0.05) is 10.8 Å². The second-order valence-electron chi connectivity index (χ2n) is 5.71. The molecule has 1 heterocycles. The number of aromatic nitrogens is 1. The minimum Gasteiger partial charge on any atom is -0.484 e. The van der Waals surface area contributed by atoms with Crippen LogP contribution in [0.4, 0.5) is 0 Å². The maximum atomic E-state index is 9.17. The number of hydrogen-bond donors (Lipinski definition) is 1. The first-order chi connectivity index (χ1) is 9.81. The molecular weight excluding hydrogens is 418 g/mol. The van der Waals surface area contributed by atoms with Gasteiger partial charge in [0.1, 0.15) is 17.4 Å². The lowest BCUT2D eigenvalue weighted by Gasteiger charge is -2.14. The molecule has 0 saturated heterocycles. The number of ether oxygens (including phenoxy) is 1. The van der Waals surface area contributed by atoms with E-state index < -0.39 is 0 Å². The van der Waals surface area contributed by atoms with Crippen LogP contribution in [0.15, 0.2) is 26.5 Å². The van der Waals surface area contributed by atoms with Crippen molar-refractivity contribution in [1.29, 1.82) is 0 Å². The second-order valence-corrected chi connectivity index (χ2v) is 8.36. The summed E-state index contributed by atoms with van der Waals surface area (Å²) < 4.78 is 7.48. The van der Waals surface area contributed by atoms with Crippen molar-refractivity contribution in [2.45, 2.75) is 39.4 Å². The SMILES string of the molecule is CC(C)(C)c1csc(COc2c(Br)cc(CO)cc2Br)n1. The zero-order valence-electron chi connectivity index (χ0n) is 12.1. The van der Waals surface area contributed by atoms with E-state index in [0.717, 1.165) is 31.0 Å². The first-order valence-electron chi connectivity index (χ1n) is 6.47. The van der Waals surface area contributed by atoms with E-state index in [1.54, 1.807) is 11.3 Å². The molecule has 0 saturated carbocycles. The van der Waals surface area contributed by atoms with Crippen LogP contribution in [0.25, 0.3) is 0 Å². The summed E-state index contributed by atoms with van der Waals surface area (Å²) >= 11 is 8.54. The van der Waals surface area contributed by atoms with Gasteiger partial charge in [-0.2, -0.15) is 0 Å². The summed E-state index contributed by atoms with van der Waals surface area (Å²) in [5.41, 5.74) is 1.96. The van der Waals surface area contributed by atoms with Gasteiger partial charge >= 0.3 is 0 Å². The Morgan fingerprint density at radius 3 is 2.33 bits per heavy atom. The van der Waals surface area contributed by atoms with Gasteiger partial charge in [0.2, 0.25) is 0 Å². The van der Waals surface area contributed by atoms with E-state index in [-0.39, 0.29) is 12.0 Å². The fraction of sp³-hybridized carbons (Fsp3) is 0.400. The summed E-state index contributed by atoms with van der Waals surface area (Å²) in [5.74, 6) is 0.722. The van der Waals surface area contributed by atoms with Crippen molar-refractivity contribution in [2.75, 3.05) is 0 Å². The topological polar surface area (TPSA) is 42.4 Å². The summed E-state index contributed by atoms with van der Waals surface area (Å²) in [6.45, 7) is 6.86. The van der Waals surface area contributed by atoms with Crippen molar-refractivity contribution in [3.8, 4) is 5.75 Å². The van der Waals surface area contributed by atoms with E-state index in [9.17, 15) is 5.11 Å². The average Bonchev–Trinajstić information content (AvgIpc) is 2.86. The van der Waals surface area contributed by atoms with Gasteiger partial charge in [0.05, 0.1) is 21.2 Å². The first-order valence-corrected chi connectivity index (χ1v) is 8.94. The Morgan fingerprint density at radius 2 is 1.86 bits per heavy atom. The maximum absolute atomic E-state index is 9.17. The molecule has 0 atom stereocenters. The van der Waals surface area contributed by atoms with Gasteiger partial charge in [0.15, 0.2) is 0 Å². The van der Waals surface area contributed by atoms with E-state index in [4.69, 9.17) is 4.74 Å². The van der Waals surface area contributed by atoms with Crippen LogP contribution in [0, 0.1) is 0 Å². The highest BCUT2D eigenvalue weighted by atomic mass is 79.9. The van der Waals surface area contributed by atoms with E-state index in [2.05, 4.69) is 63.0 Å². The molecule has 0 amide bonds. The molecular formula is C15H17Br2NO2S. The summed E-state index contributed by atoms with van der Waals surface area (Å²) in [7, 11) is 0. The third-order valence-electron chi connectivity index (χ3n) is 2.90. The largest absolute Gasteiger partial charge is 0.484 e. The lowest BCUT2D eigenvalue weighted by Crippen LogP contribution is -2.11. The highest BCUT2D eigenvalue weighted by molar-refractivity contribution is 9.11. The average molecular weight is 435 g/mol. The van der Waals surface area contributed by atoms with Gasteiger partial charge < -0.3 is 9.84 Å². The number of benzene rings is 1. The molecule has 0 spiro atoms. The summed E-state index contributed by atoms with van der Waals surface area (Å²) in [4.78, 5) is 4.61. The van der Waals surface area contributed by atoms with Crippen molar-refractivity contribution in [2.24, 2.45) is 0 Å².